The second-order valence-corrected chi connectivity index (χ2v) is 4.95. The van der Waals surface area contributed by atoms with E-state index in [4.69, 9.17) is 11.5 Å². The van der Waals surface area contributed by atoms with Crippen LogP contribution in [0.15, 0.2) is 12.3 Å². The van der Waals surface area contributed by atoms with Gasteiger partial charge in [0.25, 0.3) is 0 Å². The number of hydrogen-bond donors (Lipinski definition) is 3. The van der Waals surface area contributed by atoms with Crippen molar-refractivity contribution in [3.8, 4) is 0 Å². The van der Waals surface area contributed by atoms with E-state index in [0.717, 1.165) is 30.6 Å². The Bertz CT molecular complexity index is 488. The van der Waals surface area contributed by atoms with Crippen LogP contribution in [0.25, 0.3) is 0 Å². The Balaban J connectivity index is 2.88. The van der Waals surface area contributed by atoms with Crippen molar-refractivity contribution in [3.05, 3.63) is 23.4 Å². The van der Waals surface area contributed by atoms with Gasteiger partial charge in [-0.3, -0.25) is 9.59 Å². The minimum Gasteiger partial charge on any atom is -0.368 e. The summed E-state index contributed by atoms with van der Waals surface area (Å²) in [7, 11) is 0. The summed E-state index contributed by atoms with van der Waals surface area (Å²) >= 11 is 0. The van der Waals surface area contributed by atoms with Crippen LogP contribution in [-0.4, -0.2) is 36.4 Å². The number of aryl methyl sites for hydroxylation is 1. The molecule has 0 aliphatic carbocycles. The highest BCUT2D eigenvalue weighted by Gasteiger charge is 2.15. The second-order valence-electron chi connectivity index (χ2n) is 4.95. The molecule has 1 heterocycles. The molecule has 0 atom stereocenters. The number of pyridine rings is 1. The predicted octanol–water partition coefficient (Wildman–Crippen LogP) is -0.333. The molecule has 0 aliphatic heterocycles. The average Bonchev–Trinajstić information content (AvgIpc) is 2.37. The number of primary amides is 2. The highest BCUT2D eigenvalue weighted by atomic mass is 16.2. The summed E-state index contributed by atoms with van der Waals surface area (Å²) in [5.74, 6) is -0.524. The van der Waals surface area contributed by atoms with Crippen molar-refractivity contribution in [2.45, 2.75) is 26.8 Å². The monoisotopic (exact) mass is 293 g/mol. The molecule has 1 rings (SSSR count). The van der Waals surface area contributed by atoms with Gasteiger partial charge in [0, 0.05) is 12.7 Å². The third kappa shape index (κ3) is 5.78. The Labute approximate surface area is 124 Å². The molecule has 0 saturated heterocycles. The van der Waals surface area contributed by atoms with E-state index in [1.54, 1.807) is 6.20 Å². The van der Waals surface area contributed by atoms with E-state index in [1.165, 1.54) is 4.90 Å². The Morgan fingerprint density at radius 1 is 1.29 bits per heavy atom. The zero-order chi connectivity index (χ0) is 15.8. The number of hydrogen-bond acceptors (Lipinski definition) is 5. The van der Waals surface area contributed by atoms with Gasteiger partial charge in [0.05, 0.1) is 13.1 Å². The zero-order valence-electron chi connectivity index (χ0n) is 12.6. The van der Waals surface area contributed by atoms with Crippen molar-refractivity contribution >= 4 is 17.6 Å². The van der Waals surface area contributed by atoms with Crippen molar-refractivity contribution < 1.29 is 9.59 Å². The molecule has 116 valence electrons. The molecule has 1 aromatic rings. The Kier molecular flexibility index (Phi) is 6.61. The molecule has 2 amide bonds. The van der Waals surface area contributed by atoms with Gasteiger partial charge < -0.3 is 21.7 Å². The summed E-state index contributed by atoms with van der Waals surface area (Å²) in [5, 5.41) is 3.29. The van der Waals surface area contributed by atoms with E-state index in [-0.39, 0.29) is 13.1 Å². The Morgan fingerprint density at radius 2 is 1.90 bits per heavy atom. The molecule has 0 fully saturated rings. The minimum atomic E-state index is -0.536. The molecule has 0 saturated carbocycles. The lowest BCUT2D eigenvalue weighted by atomic mass is 10.2. The molecule has 0 radical (unpaired) electrons. The fourth-order valence-corrected chi connectivity index (χ4v) is 2.04. The van der Waals surface area contributed by atoms with Gasteiger partial charge >= 0.3 is 0 Å². The summed E-state index contributed by atoms with van der Waals surface area (Å²) in [6, 6.07) is 1.97. The molecule has 7 nitrogen and oxygen atoms in total. The highest BCUT2D eigenvalue weighted by molar-refractivity contribution is 5.84. The van der Waals surface area contributed by atoms with Gasteiger partial charge in [0.2, 0.25) is 11.8 Å². The number of rotatable bonds is 9. The number of nitrogens with two attached hydrogens (primary N) is 2. The van der Waals surface area contributed by atoms with Gasteiger partial charge in [-0.2, -0.15) is 0 Å². The number of anilines is 1. The first-order chi connectivity index (χ1) is 9.93. The van der Waals surface area contributed by atoms with Crippen molar-refractivity contribution in [3.63, 3.8) is 0 Å². The number of aromatic nitrogens is 1. The fraction of sp³-hybridized carbons (Fsp3) is 0.500. The van der Waals surface area contributed by atoms with Crippen molar-refractivity contribution in [1.29, 1.82) is 0 Å². The van der Waals surface area contributed by atoms with E-state index in [2.05, 4.69) is 17.2 Å². The van der Waals surface area contributed by atoms with E-state index in [9.17, 15) is 9.59 Å². The largest absolute Gasteiger partial charge is 0.368 e. The third-order valence-corrected chi connectivity index (χ3v) is 2.86. The van der Waals surface area contributed by atoms with Gasteiger partial charge in [-0.05, 0) is 37.1 Å². The lowest BCUT2D eigenvalue weighted by Crippen LogP contribution is -2.40. The van der Waals surface area contributed by atoms with E-state index >= 15 is 0 Å². The lowest BCUT2D eigenvalue weighted by molar-refractivity contribution is -0.117. The molecule has 0 aromatic carbocycles. The summed E-state index contributed by atoms with van der Waals surface area (Å²) < 4.78 is 0. The number of carbonyl (C=O) groups is 2. The minimum absolute atomic E-state index is 0.0930. The smallest absolute Gasteiger partial charge is 0.237 e. The second kappa shape index (κ2) is 8.21. The summed E-state index contributed by atoms with van der Waals surface area (Å²) in [6.07, 6.45) is 2.79. The summed E-state index contributed by atoms with van der Waals surface area (Å²) in [6.45, 7) is 5.46. The SMILES string of the molecule is CCCNCc1cnc(N(CC(N)=O)CC(N)=O)c(C)c1. The van der Waals surface area contributed by atoms with Gasteiger partial charge in [-0.25, -0.2) is 4.98 Å². The first-order valence-electron chi connectivity index (χ1n) is 6.91. The zero-order valence-corrected chi connectivity index (χ0v) is 12.6. The standard InChI is InChI=1S/C14H23N5O2/c1-3-4-17-6-11-5-10(2)14(18-7-11)19(8-12(15)20)9-13(16)21/h5,7,17H,3-4,6,8-9H2,1-2H3,(H2,15,20)(H2,16,21). The van der Waals surface area contributed by atoms with Crippen LogP contribution in [-0.2, 0) is 16.1 Å². The summed E-state index contributed by atoms with van der Waals surface area (Å²) in [4.78, 5) is 28.0. The van der Waals surface area contributed by atoms with Crippen LogP contribution >= 0.6 is 0 Å². The fourth-order valence-electron chi connectivity index (χ4n) is 2.04. The molecule has 0 unspecified atom stereocenters. The average molecular weight is 293 g/mol. The molecule has 1 aromatic heterocycles. The number of carbonyl (C=O) groups excluding carboxylic acids is 2. The van der Waals surface area contributed by atoms with Crippen molar-refractivity contribution in [2.75, 3.05) is 24.5 Å². The molecular weight excluding hydrogens is 270 g/mol. The number of amides is 2. The van der Waals surface area contributed by atoms with Crippen LogP contribution in [0.3, 0.4) is 0 Å². The van der Waals surface area contributed by atoms with Crippen LogP contribution in [0.1, 0.15) is 24.5 Å². The van der Waals surface area contributed by atoms with Crippen LogP contribution in [0.5, 0.6) is 0 Å². The van der Waals surface area contributed by atoms with E-state index in [0.29, 0.717) is 5.82 Å². The molecule has 21 heavy (non-hydrogen) atoms. The topological polar surface area (TPSA) is 114 Å². The molecule has 0 spiro atoms. The first kappa shape index (κ1) is 16.9. The van der Waals surface area contributed by atoms with Crippen LogP contribution in [0, 0.1) is 6.92 Å². The number of nitrogens with one attached hydrogen (secondary N) is 1. The van der Waals surface area contributed by atoms with Gasteiger partial charge in [-0.15, -0.1) is 0 Å². The van der Waals surface area contributed by atoms with E-state index < -0.39 is 11.8 Å². The summed E-state index contributed by atoms with van der Waals surface area (Å²) in [5.41, 5.74) is 12.3. The molecule has 0 bridgehead atoms. The maximum Gasteiger partial charge on any atom is 0.237 e. The van der Waals surface area contributed by atoms with Crippen molar-refractivity contribution in [2.24, 2.45) is 11.5 Å². The third-order valence-electron chi connectivity index (χ3n) is 2.86. The predicted molar refractivity (Wildman–Crippen MR) is 81.6 cm³/mol. The van der Waals surface area contributed by atoms with Crippen LogP contribution in [0.2, 0.25) is 0 Å². The van der Waals surface area contributed by atoms with Gasteiger partial charge in [0.15, 0.2) is 0 Å². The van der Waals surface area contributed by atoms with Crippen LogP contribution in [0.4, 0.5) is 5.82 Å². The Hall–Kier alpha value is -2.15. The normalized spacial score (nSPS) is 10.4. The highest BCUT2D eigenvalue weighted by Crippen LogP contribution is 2.17. The molecule has 7 heteroatoms. The molecular formula is C14H23N5O2. The van der Waals surface area contributed by atoms with Gasteiger partial charge in [-0.1, -0.05) is 6.92 Å². The van der Waals surface area contributed by atoms with Gasteiger partial charge in [0.1, 0.15) is 5.82 Å². The van der Waals surface area contributed by atoms with Crippen LogP contribution < -0.4 is 21.7 Å². The lowest BCUT2D eigenvalue weighted by Gasteiger charge is -2.22. The van der Waals surface area contributed by atoms with E-state index in [1.807, 2.05) is 13.0 Å². The molecule has 5 N–H and O–H groups in total. The first-order valence-corrected chi connectivity index (χ1v) is 6.91. The quantitative estimate of drug-likeness (QED) is 0.539. The Morgan fingerprint density at radius 3 is 2.38 bits per heavy atom. The maximum absolute atomic E-state index is 11.1. The number of nitrogens with zero attached hydrogens (tertiary/aromatic N) is 2. The van der Waals surface area contributed by atoms with Crippen molar-refractivity contribution in [1.82, 2.24) is 10.3 Å². The molecule has 0 aliphatic rings. The maximum atomic E-state index is 11.1.